The highest BCUT2D eigenvalue weighted by atomic mass is 32.2. The first-order chi connectivity index (χ1) is 12.6. The van der Waals surface area contributed by atoms with Crippen LogP contribution in [0.25, 0.3) is 10.9 Å². The molecule has 3 aromatic rings. The fourth-order valence-electron chi connectivity index (χ4n) is 3.18. The topological polar surface area (TPSA) is 79.7 Å². The average molecular weight is 370 g/mol. The summed E-state index contributed by atoms with van der Waals surface area (Å²) in [5.74, 6) is 0.639. The number of ether oxygens (including phenoxy) is 1. The van der Waals surface area contributed by atoms with Crippen LogP contribution in [0, 0.1) is 0 Å². The van der Waals surface area contributed by atoms with Crippen LogP contribution in [0.3, 0.4) is 0 Å². The summed E-state index contributed by atoms with van der Waals surface area (Å²) in [7, 11) is -3.89. The summed E-state index contributed by atoms with van der Waals surface area (Å²) in [5.41, 5.74) is 1.19. The minimum atomic E-state index is -3.89. The molecule has 1 N–H and O–H groups in total. The maximum absolute atomic E-state index is 13.5. The maximum Gasteiger partial charge on any atom is 0.246 e. The monoisotopic (exact) mass is 370 g/mol. The van der Waals surface area contributed by atoms with Crippen LogP contribution in [0.15, 0.2) is 65.7 Å². The van der Waals surface area contributed by atoms with E-state index >= 15 is 0 Å². The number of para-hydroxylation sites is 2. The fraction of sp³-hybridized carbons (Fsp3) is 0.211. The van der Waals surface area contributed by atoms with Gasteiger partial charge >= 0.3 is 0 Å². The van der Waals surface area contributed by atoms with Crippen molar-refractivity contribution in [3.05, 3.63) is 66.4 Å². The van der Waals surface area contributed by atoms with E-state index < -0.39 is 16.1 Å². The lowest BCUT2D eigenvalue weighted by atomic mass is 10.2. The Kier molecular flexibility index (Phi) is 4.36. The van der Waals surface area contributed by atoms with Gasteiger partial charge < -0.3 is 9.84 Å². The number of aromatic nitrogens is 1. The van der Waals surface area contributed by atoms with Crippen molar-refractivity contribution in [1.29, 1.82) is 0 Å². The van der Waals surface area contributed by atoms with E-state index in [9.17, 15) is 13.5 Å². The van der Waals surface area contributed by atoms with E-state index in [2.05, 4.69) is 4.98 Å². The molecular formula is C19H18N2O4S. The summed E-state index contributed by atoms with van der Waals surface area (Å²) < 4.78 is 33.9. The van der Waals surface area contributed by atoms with Gasteiger partial charge in [0.1, 0.15) is 17.3 Å². The molecule has 2 heterocycles. The number of hydrogen-bond donors (Lipinski definition) is 1. The number of nitrogens with zero attached hydrogens (tertiary/aromatic N) is 2. The number of pyridine rings is 1. The number of hydrogen-bond acceptors (Lipinski definition) is 5. The molecule has 1 unspecified atom stereocenters. The van der Waals surface area contributed by atoms with Crippen LogP contribution in [0.1, 0.15) is 5.56 Å². The van der Waals surface area contributed by atoms with Crippen molar-refractivity contribution in [2.45, 2.75) is 17.5 Å². The third-order valence-corrected chi connectivity index (χ3v) is 6.46. The number of fused-ring (bicyclic) bond motifs is 2. The van der Waals surface area contributed by atoms with Gasteiger partial charge in [0.25, 0.3) is 0 Å². The molecule has 0 spiro atoms. The van der Waals surface area contributed by atoms with Crippen molar-refractivity contribution < 1.29 is 18.3 Å². The molecular weight excluding hydrogens is 352 g/mol. The maximum atomic E-state index is 13.5. The number of benzene rings is 2. The molecule has 1 atom stereocenters. The van der Waals surface area contributed by atoms with Crippen molar-refractivity contribution in [3.8, 4) is 5.75 Å². The van der Waals surface area contributed by atoms with E-state index in [1.807, 2.05) is 30.3 Å². The molecule has 0 radical (unpaired) electrons. The molecule has 7 heteroatoms. The lowest BCUT2D eigenvalue weighted by Crippen LogP contribution is -2.44. The molecule has 1 aliphatic rings. The Morgan fingerprint density at radius 1 is 1.12 bits per heavy atom. The van der Waals surface area contributed by atoms with Gasteiger partial charge in [0, 0.05) is 23.7 Å². The number of rotatable bonds is 3. The van der Waals surface area contributed by atoms with Crippen molar-refractivity contribution >= 4 is 20.9 Å². The Balaban J connectivity index is 1.85. The van der Waals surface area contributed by atoms with Crippen LogP contribution in [0.2, 0.25) is 0 Å². The minimum Gasteiger partial charge on any atom is -0.491 e. The van der Waals surface area contributed by atoms with Gasteiger partial charge in [-0.1, -0.05) is 36.4 Å². The quantitative estimate of drug-likeness (QED) is 0.764. The van der Waals surface area contributed by atoms with Crippen LogP contribution in [-0.4, -0.2) is 42.1 Å². The van der Waals surface area contributed by atoms with Gasteiger partial charge in [-0.25, -0.2) is 8.42 Å². The molecule has 0 amide bonds. The molecule has 0 saturated carbocycles. The molecule has 6 nitrogen and oxygen atoms in total. The molecule has 2 aromatic carbocycles. The van der Waals surface area contributed by atoms with E-state index in [1.54, 1.807) is 30.5 Å². The zero-order valence-corrected chi connectivity index (χ0v) is 14.8. The molecule has 0 aliphatic carbocycles. The minimum absolute atomic E-state index is 0.0882. The normalized spacial score (nSPS) is 18.1. The SMILES string of the molecule is O=S(=O)(c1cccc2cccnc12)N1Cc2ccccc2OCC1CO. The van der Waals surface area contributed by atoms with Gasteiger partial charge in [-0.3, -0.25) is 4.98 Å². The first-order valence-electron chi connectivity index (χ1n) is 8.28. The average Bonchev–Trinajstić information content (AvgIpc) is 2.87. The molecule has 134 valence electrons. The summed E-state index contributed by atoms with van der Waals surface area (Å²) in [6.45, 7) is -0.108. The largest absolute Gasteiger partial charge is 0.491 e. The molecule has 26 heavy (non-hydrogen) atoms. The van der Waals surface area contributed by atoms with Gasteiger partial charge in [-0.15, -0.1) is 0 Å². The Morgan fingerprint density at radius 3 is 2.77 bits per heavy atom. The van der Waals surface area contributed by atoms with Gasteiger partial charge in [0.05, 0.1) is 18.2 Å². The van der Waals surface area contributed by atoms with Crippen LogP contribution in [0.4, 0.5) is 0 Å². The molecule has 0 saturated heterocycles. The van der Waals surface area contributed by atoms with Crippen molar-refractivity contribution in [2.75, 3.05) is 13.2 Å². The van der Waals surface area contributed by atoms with E-state index in [-0.39, 0.29) is 24.7 Å². The Bertz CT molecular complexity index is 1050. The zero-order chi connectivity index (χ0) is 18.1. The fourth-order valence-corrected chi connectivity index (χ4v) is 4.92. The van der Waals surface area contributed by atoms with Crippen molar-refractivity contribution in [2.24, 2.45) is 0 Å². The Hall–Kier alpha value is -2.48. The standard InChI is InChI=1S/C19H18N2O4S/c22-12-16-13-25-17-8-2-1-5-15(17)11-21(16)26(23,24)18-9-3-6-14-7-4-10-20-19(14)18/h1-10,16,22H,11-13H2. The van der Waals surface area contributed by atoms with Crippen LogP contribution in [-0.2, 0) is 16.6 Å². The zero-order valence-electron chi connectivity index (χ0n) is 13.9. The van der Waals surface area contributed by atoms with E-state index in [0.717, 1.165) is 10.9 Å². The third kappa shape index (κ3) is 2.84. The molecule has 0 bridgehead atoms. The van der Waals surface area contributed by atoms with Crippen molar-refractivity contribution in [3.63, 3.8) is 0 Å². The summed E-state index contributed by atoms with van der Waals surface area (Å²) in [4.78, 5) is 4.39. The van der Waals surface area contributed by atoms with Crippen LogP contribution in [0.5, 0.6) is 5.75 Å². The molecule has 1 aliphatic heterocycles. The van der Waals surface area contributed by atoms with Gasteiger partial charge in [0.2, 0.25) is 10.0 Å². The lowest BCUT2D eigenvalue weighted by Gasteiger charge is -2.27. The smallest absolute Gasteiger partial charge is 0.246 e. The molecule has 1 aromatic heterocycles. The number of aliphatic hydroxyl groups is 1. The lowest BCUT2D eigenvalue weighted by molar-refractivity contribution is 0.142. The number of sulfonamides is 1. The molecule has 0 fully saturated rings. The first-order valence-corrected chi connectivity index (χ1v) is 9.72. The third-order valence-electron chi connectivity index (χ3n) is 4.53. The highest BCUT2D eigenvalue weighted by Gasteiger charge is 2.35. The predicted molar refractivity (Wildman–Crippen MR) is 97.3 cm³/mol. The summed E-state index contributed by atoms with van der Waals surface area (Å²) in [5, 5.41) is 10.5. The van der Waals surface area contributed by atoms with E-state index in [1.165, 1.54) is 4.31 Å². The highest BCUT2D eigenvalue weighted by molar-refractivity contribution is 7.89. The van der Waals surface area contributed by atoms with Gasteiger partial charge in [-0.05, 0) is 18.2 Å². The first kappa shape index (κ1) is 17.0. The summed E-state index contributed by atoms with van der Waals surface area (Å²) in [6, 6.07) is 15.3. The van der Waals surface area contributed by atoms with E-state index in [4.69, 9.17) is 4.74 Å². The van der Waals surface area contributed by atoms with Gasteiger partial charge in [-0.2, -0.15) is 4.31 Å². The second kappa shape index (κ2) is 6.68. The Labute approximate surface area is 151 Å². The Morgan fingerprint density at radius 2 is 1.92 bits per heavy atom. The second-order valence-corrected chi connectivity index (χ2v) is 8.00. The van der Waals surface area contributed by atoms with Gasteiger partial charge in [0.15, 0.2) is 0 Å². The summed E-state index contributed by atoms with van der Waals surface area (Å²) >= 11 is 0. The van der Waals surface area contributed by atoms with Crippen molar-refractivity contribution in [1.82, 2.24) is 9.29 Å². The summed E-state index contributed by atoms with van der Waals surface area (Å²) in [6.07, 6.45) is 1.58. The number of aliphatic hydroxyl groups excluding tert-OH is 1. The predicted octanol–water partition coefficient (Wildman–Crippen LogP) is 2.18. The molecule has 4 rings (SSSR count). The second-order valence-electron chi connectivity index (χ2n) is 6.14. The highest BCUT2D eigenvalue weighted by Crippen LogP contribution is 2.31. The van der Waals surface area contributed by atoms with Crippen LogP contribution >= 0.6 is 0 Å². The van der Waals surface area contributed by atoms with E-state index in [0.29, 0.717) is 11.3 Å². The van der Waals surface area contributed by atoms with Crippen LogP contribution < -0.4 is 4.74 Å².